The van der Waals surface area contributed by atoms with Crippen LogP contribution in [0.3, 0.4) is 0 Å². The predicted octanol–water partition coefficient (Wildman–Crippen LogP) is 2.72. The lowest BCUT2D eigenvalue weighted by Gasteiger charge is -2.19. The van der Waals surface area contributed by atoms with Crippen LogP contribution in [0.5, 0.6) is 0 Å². The second kappa shape index (κ2) is 5.77. The van der Waals surface area contributed by atoms with E-state index < -0.39 is 12.6 Å². The van der Waals surface area contributed by atoms with E-state index in [4.69, 9.17) is 0 Å². The molecule has 0 radical (unpaired) electrons. The highest BCUT2D eigenvalue weighted by molar-refractivity contribution is 5.38. The summed E-state index contributed by atoms with van der Waals surface area (Å²) >= 11 is 0. The number of aromatic nitrogens is 1. The second-order valence-electron chi connectivity index (χ2n) is 4.97. The van der Waals surface area contributed by atoms with Crippen LogP contribution < -0.4 is 10.2 Å². The number of anilines is 1. The van der Waals surface area contributed by atoms with Crippen molar-refractivity contribution in [1.82, 2.24) is 10.3 Å². The van der Waals surface area contributed by atoms with Crippen LogP contribution in [0.2, 0.25) is 0 Å². The fourth-order valence-corrected chi connectivity index (χ4v) is 1.71. The molecule has 1 aromatic heterocycles. The van der Waals surface area contributed by atoms with Gasteiger partial charge in [0.1, 0.15) is 5.82 Å². The monoisotopic (exact) mass is 273 g/mol. The van der Waals surface area contributed by atoms with E-state index >= 15 is 0 Å². The van der Waals surface area contributed by atoms with Gasteiger partial charge >= 0.3 is 6.18 Å². The number of alkyl halides is 3. The van der Waals surface area contributed by atoms with Gasteiger partial charge in [-0.1, -0.05) is 6.07 Å². The van der Waals surface area contributed by atoms with Crippen molar-refractivity contribution in [3.8, 4) is 0 Å². The van der Waals surface area contributed by atoms with Crippen LogP contribution in [-0.4, -0.2) is 30.8 Å². The van der Waals surface area contributed by atoms with Crippen molar-refractivity contribution in [2.75, 3.05) is 18.5 Å². The van der Waals surface area contributed by atoms with E-state index in [9.17, 15) is 13.2 Å². The van der Waals surface area contributed by atoms with Crippen LogP contribution in [0.1, 0.15) is 24.8 Å². The first-order valence-corrected chi connectivity index (χ1v) is 6.40. The smallest absolute Gasteiger partial charge is 0.359 e. The highest BCUT2D eigenvalue weighted by Crippen LogP contribution is 2.21. The third kappa shape index (κ3) is 5.06. The first-order valence-electron chi connectivity index (χ1n) is 6.40. The molecule has 1 N–H and O–H groups in total. The maximum Gasteiger partial charge on any atom is 0.390 e. The third-order valence-corrected chi connectivity index (χ3v) is 3.10. The lowest BCUT2D eigenvalue weighted by atomic mass is 10.2. The SMILES string of the molecule is CN(CCC(F)(F)F)c1ccc(CNC2CC2)cn1. The van der Waals surface area contributed by atoms with Gasteiger partial charge in [-0.15, -0.1) is 0 Å². The minimum Gasteiger partial charge on any atom is -0.359 e. The van der Waals surface area contributed by atoms with Crippen LogP contribution >= 0.6 is 0 Å². The van der Waals surface area contributed by atoms with Crippen LogP contribution in [-0.2, 0) is 6.54 Å². The fraction of sp³-hybridized carbons (Fsp3) is 0.615. The summed E-state index contributed by atoms with van der Waals surface area (Å²) < 4.78 is 36.4. The Kier molecular flexibility index (Phi) is 4.29. The van der Waals surface area contributed by atoms with Gasteiger partial charge in [0.15, 0.2) is 0 Å². The van der Waals surface area contributed by atoms with Gasteiger partial charge in [-0.2, -0.15) is 13.2 Å². The van der Waals surface area contributed by atoms with Gasteiger partial charge in [0.25, 0.3) is 0 Å². The van der Waals surface area contributed by atoms with Crippen molar-refractivity contribution in [3.63, 3.8) is 0 Å². The number of hydrogen-bond acceptors (Lipinski definition) is 3. The number of halogens is 3. The number of pyridine rings is 1. The summed E-state index contributed by atoms with van der Waals surface area (Å²) in [6.45, 7) is 0.695. The molecule has 0 aliphatic heterocycles. The average molecular weight is 273 g/mol. The van der Waals surface area contributed by atoms with E-state index in [-0.39, 0.29) is 6.54 Å². The molecule has 0 aromatic carbocycles. The average Bonchev–Trinajstić information content (AvgIpc) is 3.17. The quantitative estimate of drug-likeness (QED) is 0.863. The van der Waals surface area contributed by atoms with Crippen molar-refractivity contribution >= 4 is 5.82 Å². The van der Waals surface area contributed by atoms with Gasteiger partial charge in [-0.25, -0.2) is 4.98 Å². The molecule has 1 aromatic rings. The largest absolute Gasteiger partial charge is 0.390 e. The van der Waals surface area contributed by atoms with Crippen molar-refractivity contribution in [2.45, 2.75) is 38.0 Å². The van der Waals surface area contributed by atoms with Crippen LogP contribution in [0.4, 0.5) is 19.0 Å². The normalized spacial score (nSPS) is 15.6. The van der Waals surface area contributed by atoms with Gasteiger partial charge in [-0.05, 0) is 24.5 Å². The number of rotatable bonds is 6. The minimum atomic E-state index is -4.12. The summed E-state index contributed by atoms with van der Waals surface area (Å²) in [7, 11) is 1.62. The van der Waals surface area contributed by atoms with E-state index in [2.05, 4.69) is 10.3 Å². The molecule has 0 spiro atoms. The molecule has 0 atom stereocenters. The molecule has 0 saturated heterocycles. The topological polar surface area (TPSA) is 28.2 Å². The molecule has 2 rings (SSSR count). The van der Waals surface area contributed by atoms with Crippen LogP contribution in [0.25, 0.3) is 0 Å². The molecule has 0 unspecified atom stereocenters. The molecule has 1 saturated carbocycles. The standard InChI is InChI=1S/C13H18F3N3/c1-19(7-6-13(14,15)16)12-5-2-10(9-18-12)8-17-11-3-4-11/h2,5,9,11,17H,3-4,6-8H2,1H3. The Morgan fingerprint density at radius 3 is 2.63 bits per heavy atom. The number of nitrogens with zero attached hydrogens (tertiary/aromatic N) is 2. The maximum absolute atomic E-state index is 12.1. The number of nitrogens with one attached hydrogen (secondary N) is 1. The van der Waals surface area contributed by atoms with Crippen LogP contribution in [0, 0.1) is 0 Å². The molecule has 0 amide bonds. The Labute approximate surface area is 110 Å². The first kappa shape index (κ1) is 14.1. The molecule has 19 heavy (non-hydrogen) atoms. The Morgan fingerprint density at radius 2 is 2.11 bits per heavy atom. The number of hydrogen-bond donors (Lipinski definition) is 1. The summed E-state index contributed by atoms with van der Waals surface area (Å²) in [4.78, 5) is 5.72. The summed E-state index contributed by atoms with van der Waals surface area (Å²) in [6.07, 6.45) is -0.773. The molecular weight excluding hydrogens is 255 g/mol. The summed E-state index contributed by atoms with van der Waals surface area (Å²) in [5.41, 5.74) is 1.06. The molecular formula is C13H18F3N3. The highest BCUT2D eigenvalue weighted by atomic mass is 19.4. The van der Waals surface area contributed by atoms with Crippen molar-refractivity contribution < 1.29 is 13.2 Å². The predicted molar refractivity (Wildman–Crippen MR) is 68.0 cm³/mol. The fourth-order valence-electron chi connectivity index (χ4n) is 1.71. The molecule has 3 nitrogen and oxygen atoms in total. The zero-order valence-corrected chi connectivity index (χ0v) is 10.9. The summed E-state index contributed by atoms with van der Waals surface area (Å²) in [6, 6.07) is 4.30. The van der Waals surface area contributed by atoms with E-state index in [0.717, 1.165) is 12.1 Å². The van der Waals surface area contributed by atoms with E-state index in [1.165, 1.54) is 17.7 Å². The van der Waals surface area contributed by atoms with Gasteiger partial charge in [0.2, 0.25) is 0 Å². The maximum atomic E-state index is 12.1. The van der Waals surface area contributed by atoms with Gasteiger partial charge in [0.05, 0.1) is 6.42 Å². The van der Waals surface area contributed by atoms with Crippen LogP contribution in [0.15, 0.2) is 18.3 Å². The van der Waals surface area contributed by atoms with Gasteiger partial charge in [-0.3, -0.25) is 0 Å². The van der Waals surface area contributed by atoms with Crippen molar-refractivity contribution in [3.05, 3.63) is 23.9 Å². The Balaban J connectivity index is 1.82. The lowest BCUT2D eigenvalue weighted by molar-refractivity contribution is -0.132. The Morgan fingerprint density at radius 1 is 1.37 bits per heavy atom. The van der Waals surface area contributed by atoms with Gasteiger partial charge in [0, 0.05) is 32.4 Å². The summed E-state index contributed by atoms with van der Waals surface area (Å²) in [5.74, 6) is 0.569. The molecule has 1 aliphatic rings. The van der Waals surface area contributed by atoms with E-state index in [0.29, 0.717) is 11.9 Å². The molecule has 1 fully saturated rings. The Bertz CT molecular complexity index is 399. The van der Waals surface area contributed by atoms with E-state index in [1.807, 2.05) is 6.07 Å². The molecule has 6 heteroatoms. The molecule has 1 aliphatic carbocycles. The lowest BCUT2D eigenvalue weighted by Crippen LogP contribution is -2.24. The zero-order chi connectivity index (χ0) is 13.9. The van der Waals surface area contributed by atoms with Crippen molar-refractivity contribution in [1.29, 1.82) is 0 Å². The molecule has 0 bridgehead atoms. The van der Waals surface area contributed by atoms with Gasteiger partial charge < -0.3 is 10.2 Å². The highest BCUT2D eigenvalue weighted by Gasteiger charge is 2.27. The second-order valence-corrected chi connectivity index (χ2v) is 4.97. The first-order chi connectivity index (χ1) is 8.94. The molecule has 1 heterocycles. The third-order valence-electron chi connectivity index (χ3n) is 3.10. The zero-order valence-electron chi connectivity index (χ0n) is 10.9. The van der Waals surface area contributed by atoms with E-state index in [1.54, 1.807) is 19.3 Å². The minimum absolute atomic E-state index is 0.0732. The van der Waals surface area contributed by atoms with Crippen molar-refractivity contribution in [2.24, 2.45) is 0 Å². The summed E-state index contributed by atoms with van der Waals surface area (Å²) in [5, 5.41) is 3.36. The Hall–Kier alpha value is -1.30. The molecule has 106 valence electrons.